The maximum absolute atomic E-state index is 12.5. The Hall–Kier alpha value is -3.76. The lowest BCUT2D eigenvalue weighted by Crippen LogP contribution is -2.38. The van der Waals surface area contributed by atoms with Crippen LogP contribution in [0.15, 0.2) is 36.4 Å². The number of aliphatic hydroxyl groups excluding tert-OH is 1. The van der Waals surface area contributed by atoms with Crippen LogP contribution in [0.2, 0.25) is 0 Å². The number of rotatable bonds is 10. The molecule has 2 amide bonds. The van der Waals surface area contributed by atoms with Gasteiger partial charge in [0, 0.05) is 23.9 Å². The molecule has 5 N–H and O–H groups in total. The second-order valence-electron chi connectivity index (χ2n) is 6.46. The van der Waals surface area contributed by atoms with Gasteiger partial charge in [-0.05, 0) is 24.3 Å². The van der Waals surface area contributed by atoms with Gasteiger partial charge in [-0.25, -0.2) is 0 Å². The van der Waals surface area contributed by atoms with Crippen LogP contribution in [0, 0.1) is 0 Å². The van der Waals surface area contributed by atoms with Crippen LogP contribution < -0.4 is 35.3 Å². The molecule has 2 rings (SSSR count). The molecule has 0 fully saturated rings. The molecular weight excluding hydrogens is 418 g/mol. The van der Waals surface area contributed by atoms with Crippen molar-refractivity contribution in [2.45, 2.75) is 6.04 Å². The van der Waals surface area contributed by atoms with E-state index in [9.17, 15) is 9.59 Å². The minimum absolute atomic E-state index is 0.293. The molecule has 0 aliphatic heterocycles. The summed E-state index contributed by atoms with van der Waals surface area (Å²) in [6.07, 6.45) is 2.87. The monoisotopic (exact) mass is 445 g/mol. The second-order valence-corrected chi connectivity index (χ2v) is 6.46. The molecule has 0 heterocycles. The molecular formula is C22H27N3O7. The van der Waals surface area contributed by atoms with Crippen molar-refractivity contribution < 1.29 is 33.6 Å². The number of nitrogens with one attached hydrogen (secondary N) is 2. The highest BCUT2D eigenvalue weighted by Crippen LogP contribution is 2.35. The summed E-state index contributed by atoms with van der Waals surface area (Å²) in [6, 6.07) is 6.97. The molecule has 0 spiro atoms. The molecule has 0 aliphatic rings. The number of ether oxygens (including phenoxy) is 4. The highest BCUT2D eigenvalue weighted by atomic mass is 16.5. The largest absolute Gasteiger partial charge is 0.496 e. The molecule has 0 radical (unpaired) electrons. The Bertz CT molecular complexity index is 966. The van der Waals surface area contributed by atoms with Crippen molar-refractivity contribution in [1.82, 2.24) is 0 Å². The first-order valence-corrected chi connectivity index (χ1v) is 9.51. The van der Waals surface area contributed by atoms with Gasteiger partial charge in [-0.15, -0.1) is 0 Å². The molecule has 172 valence electrons. The van der Waals surface area contributed by atoms with Crippen LogP contribution in [0.5, 0.6) is 23.0 Å². The SMILES string of the molecule is COc1cc(OC)c(/C=C/C(=O)Nc2ccc(OC)c(NC(=O)[C@H](N)CO)c2)c(OC)c1. The summed E-state index contributed by atoms with van der Waals surface area (Å²) in [5.41, 5.74) is 6.78. The summed E-state index contributed by atoms with van der Waals surface area (Å²) in [5, 5.41) is 14.3. The zero-order valence-electron chi connectivity index (χ0n) is 18.3. The van der Waals surface area contributed by atoms with E-state index in [0.717, 1.165) is 0 Å². The van der Waals surface area contributed by atoms with Crippen LogP contribution in [-0.4, -0.2) is 58.0 Å². The Morgan fingerprint density at radius 3 is 2.12 bits per heavy atom. The number of aliphatic hydroxyl groups is 1. The maximum Gasteiger partial charge on any atom is 0.248 e. The van der Waals surface area contributed by atoms with Gasteiger partial charge in [0.2, 0.25) is 11.8 Å². The molecule has 10 heteroatoms. The average Bonchev–Trinajstić information content (AvgIpc) is 2.81. The molecule has 0 aliphatic carbocycles. The zero-order chi connectivity index (χ0) is 23.7. The smallest absolute Gasteiger partial charge is 0.248 e. The lowest BCUT2D eigenvalue weighted by Gasteiger charge is -2.14. The average molecular weight is 445 g/mol. The number of hydrogen-bond donors (Lipinski definition) is 4. The Labute approximate surface area is 185 Å². The molecule has 1 atom stereocenters. The van der Waals surface area contributed by atoms with Crippen LogP contribution in [0.25, 0.3) is 6.08 Å². The molecule has 0 bridgehead atoms. The number of anilines is 2. The van der Waals surface area contributed by atoms with Crippen LogP contribution in [-0.2, 0) is 9.59 Å². The van der Waals surface area contributed by atoms with Crippen LogP contribution in [0.1, 0.15) is 5.56 Å². The molecule has 2 aromatic rings. The van der Waals surface area contributed by atoms with Gasteiger partial charge >= 0.3 is 0 Å². The van der Waals surface area contributed by atoms with E-state index in [0.29, 0.717) is 39.9 Å². The molecule has 0 aromatic heterocycles. The zero-order valence-corrected chi connectivity index (χ0v) is 18.3. The molecule has 0 saturated carbocycles. The third kappa shape index (κ3) is 6.13. The number of carbonyl (C=O) groups excluding carboxylic acids is 2. The summed E-state index contributed by atoms with van der Waals surface area (Å²) in [7, 11) is 5.97. The van der Waals surface area contributed by atoms with Gasteiger partial charge in [0.15, 0.2) is 0 Å². The van der Waals surface area contributed by atoms with E-state index < -0.39 is 24.5 Å². The van der Waals surface area contributed by atoms with E-state index in [4.69, 9.17) is 29.8 Å². The van der Waals surface area contributed by atoms with Crippen LogP contribution >= 0.6 is 0 Å². The highest BCUT2D eigenvalue weighted by Gasteiger charge is 2.15. The summed E-state index contributed by atoms with van der Waals surface area (Å²) in [4.78, 5) is 24.5. The minimum atomic E-state index is -1.09. The standard InChI is InChI=1S/C22H27N3O7/c1-29-14-10-19(31-3)15(20(11-14)32-4)6-8-21(27)24-13-5-7-18(30-2)17(9-13)25-22(28)16(23)12-26/h5-11,16,26H,12,23H2,1-4H3,(H,24,27)(H,25,28)/b8-6+/t16-/m1/s1. The van der Waals surface area contributed by atoms with Gasteiger partial charge in [-0.2, -0.15) is 0 Å². The Morgan fingerprint density at radius 2 is 1.59 bits per heavy atom. The van der Waals surface area contributed by atoms with Crippen molar-refractivity contribution in [1.29, 1.82) is 0 Å². The van der Waals surface area contributed by atoms with E-state index >= 15 is 0 Å². The predicted octanol–water partition coefficient (Wildman–Crippen LogP) is 1.63. The van der Waals surface area contributed by atoms with E-state index in [1.165, 1.54) is 40.6 Å². The van der Waals surface area contributed by atoms with Gasteiger partial charge in [0.1, 0.15) is 29.0 Å². The number of carbonyl (C=O) groups is 2. The van der Waals surface area contributed by atoms with Crippen molar-refractivity contribution in [3.63, 3.8) is 0 Å². The Balaban J connectivity index is 2.22. The minimum Gasteiger partial charge on any atom is -0.496 e. The normalized spacial score (nSPS) is 11.6. The first-order chi connectivity index (χ1) is 15.4. The summed E-state index contributed by atoms with van der Waals surface area (Å²) in [5.74, 6) is 0.839. The van der Waals surface area contributed by atoms with Gasteiger partial charge in [0.25, 0.3) is 0 Å². The van der Waals surface area contributed by atoms with Gasteiger partial charge < -0.3 is 40.4 Å². The molecule has 0 unspecified atom stereocenters. The molecule has 0 saturated heterocycles. The predicted molar refractivity (Wildman–Crippen MR) is 120 cm³/mol. The summed E-state index contributed by atoms with van der Waals surface area (Å²) in [6.45, 7) is -0.506. The quantitative estimate of drug-likeness (QED) is 0.405. The maximum atomic E-state index is 12.5. The topological polar surface area (TPSA) is 141 Å². The molecule has 10 nitrogen and oxygen atoms in total. The van der Waals surface area contributed by atoms with Crippen molar-refractivity contribution in [3.05, 3.63) is 42.0 Å². The lowest BCUT2D eigenvalue weighted by atomic mass is 10.1. The fourth-order valence-electron chi connectivity index (χ4n) is 2.73. The molecule has 2 aromatic carbocycles. The van der Waals surface area contributed by atoms with Crippen LogP contribution in [0.3, 0.4) is 0 Å². The summed E-state index contributed by atoms with van der Waals surface area (Å²) < 4.78 is 21.2. The van der Waals surface area contributed by atoms with Gasteiger partial charge in [-0.1, -0.05) is 0 Å². The van der Waals surface area contributed by atoms with E-state index in [1.54, 1.807) is 30.3 Å². The number of methoxy groups -OCH3 is 4. The van der Waals surface area contributed by atoms with E-state index in [2.05, 4.69) is 10.6 Å². The highest BCUT2D eigenvalue weighted by molar-refractivity contribution is 6.03. The third-order valence-electron chi connectivity index (χ3n) is 4.41. The first kappa shape index (κ1) is 24.5. The lowest BCUT2D eigenvalue weighted by molar-refractivity contribution is -0.118. The van der Waals surface area contributed by atoms with Gasteiger partial charge in [0.05, 0.1) is 46.3 Å². The third-order valence-corrected chi connectivity index (χ3v) is 4.41. The van der Waals surface area contributed by atoms with Crippen molar-refractivity contribution >= 4 is 29.3 Å². The Kier molecular flexibility index (Phi) is 8.87. The van der Waals surface area contributed by atoms with Crippen molar-refractivity contribution in [2.24, 2.45) is 5.73 Å². The molecule has 32 heavy (non-hydrogen) atoms. The number of hydrogen-bond acceptors (Lipinski definition) is 8. The van der Waals surface area contributed by atoms with Gasteiger partial charge in [-0.3, -0.25) is 9.59 Å². The fourth-order valence-corrected chi connectivity index (χ4v) is 2.73. The Morgan fingerprint density at radius 1 is 0.969 bits per heavy atom. The summed E-state index contributed by atoms with van der Waals surface area (Å²) >= 11 is 0. The van der Waals surface area contributed by atoms with Crippen molar-refractivity contribution in [2.75, 3.05) is 45.7 Å². The van der Waals surface area contributed by atoms with E-state index in [-0.39, 0.29) is 0 Å². The van der Waals surface area contributed by atoms with E-state index in [1.807, 2.05) is 0 Å². The van der Waals surface area contributed by atoms with Crippen LogP contribution in [0.4, 0.5) is 11.4 Å². The number of amides is 2. The number of benzene rings is 2. The fraction of sp³-hybridized carbons (Fsp3) is 0.273. The first-order valence-electron chi connectivity index (χ1n) is 9.51. The second kappa shape index (κ2) is 11.6. The number of nitrogens with two attached hydrogens (primary N) is 1. The van der Waals surface area contributed by atoms with Crippen molar-refractivity contribution in [3.8, 4) is 23.0 Å².